The van der Waals surface area contributed by atoms with E-state index in [1.165, 1.54) is 64.7 Å². The van der Waals surface area contributed by atoms with E-state index in [0.717, 1.165) is 16.7 Å². The van der Waals surface area contributed by atoms with Crippen molar-refractivity contribution in [3.8, 4) is 45.3 Å². The zero-order chi connectivity index (χ0) is 34.2. The van der Waals surface area contributed by atoms with Crippen molar-refractivity contribution in [2.24, 2.45) is 0 Å². The van der Waals surface area contributed by atoms with Gasteiger partial charge in [-0.15, -0.1) is 0 Å². The van der Waals surface area contributed by atoms with Gasteiger partial charge in [0.1, 0.15) is 0 Å². The summed E-state index contributed by atoms with van der Waals surface area (Å²) in [6.07, 6.45) is 0. The second-order valence-corrected chi connectivity index (χ2v) is 14.5. The molecule has 0 bridgehead atoms. The highest BCUT2D eigenvalue weighted by Crippen LogP contribution is 2.64. The fourth-order valence-electron chi connectivity index (χ4n) is 8.57. The largest absolute Gasteiger partial charge is 0.208 e. The quantitative estimate of drug-likeness (QED) is 0.186. The molecular formula is C48H29N3S. The monoisotopic (exact) mass is 679 g/mol. The summed E-state index contributed by atoms with van der Waals surface area (Å²) in [5.41, 5.74) is 9.91. The summed E-state index contributed by atoms with van der Waals surface area (Å²) in [7, 11) is 0. The zero-order valence-corrected chi connectivity index (χ0v) is 28.8. The fraction of sp³-hybridized carbons (Fsp3) is 0.0208. The first kappa shape index (κ1) is 29.4. The minimum atomic E-state index is -0.552. The van der Waals surface area contributed by atoms with Gasteiger partial charge in [-0.3, -0.25) is 0 Å². The summed E-state index contributed by atoms with van der Waals surface area (Å²) in [6, 6.07) is 63.1. The SMILES string of the molecule is c1ccc(-c2nc(-c3ccccc3)nc(-c3cccc4c3-c3ccccc3C43c4ccc5ccccc5c4Sc4c3ccc3ccccc43)n2)cc1. The lowest BCUT2D eigenvalue weighted by Crippen LogP contribution is -2.32. The van der Waals surface area contributed by atoms with E-state index >= 15 is 0 Å². The highest BCUT2D eigenvalue weighted by Gasteiger charge is 2.51. The Bertz CT molecular complexity index is 2740. The van der Waals surface area contributed by atoms with Crippen LogP contribution in [0.25, 0.3) is 66.8 Å². The first-order chi connectivity index (χ1) is 25.8. The van der Waals surface area contributed by atoms with Gasteiger partial charge in [0.15, 0.2) is 17.5 Å². The van der Waals surface area contributed by atoms with Crippen molar-refractivity contribution >= 4 is 33.3 Å². The van der Waals surface area contributed by atoms with Crippen LogP contribution in [0, 0.1) is 0 Å². The summed E-state index contributed by atoms with van der Waals surface area (Å²) in [6.45, 7) is 0. The maximum atomic E-state index is 5.23. The molecule has 0 radical (unpaired) electrons. The van der Waals surface area contributed by atoms with Gasteiger partial charge in [0.05, 0.1) is 5.41 Å². The van der Waals surface area contributed by atoms with Gasteiger partial charge in [0.2, 0.25) is 0 Å². The van der Waals surface area contributed by atoms with Gasteiger partial charge in [0.25, 0.3) is 0 Å². The predicted octanol–water partition coefficient (Wildman–Crippen LogP) is 12.0. The summed E-state index contributed by atoms with van der Waals surface area (Å²) < 4.78 is 0. The lowest BCUT2D eigenvalue weighted by Gasteiger charge is -2.40. The Morgan fingerprint density at radius 3 is 1.44 bits per heavy atom. The molecule has 2 aliphatic rings. The second-order valence-electron chi connectivity index (χ2n) is 13.5. The molecule has 0 fully saturated rings. The molecule has 1 aliphatic carbocycles. The number of hydrogen-bond acceptors (Lipinski definition) is 4. The van der Waals surface area contributed by atoms with E-state index < -0.39 is 5.41 Å². The Morgan fingerprint density at radius 2 is 0.827 bits per heavy atom. The molecule has 1 aromatic heterocycles. The maximum Gasteiger partial charge on any atom is 0.164 e. The van der Waals surface area contributed by atoms with Gasteiger partial charge in [-0.25, -0.2) is 15.0 Å². The average Bonchev–Trinajstić information content (AvgIpc) is 3.52. The van der Waals surface area contributed by atoms with Gasteiger partial charge in [-0.2, -0.15) is 0 Å². The van der Waals surface area contributed by atoms with Crippen LogP contribution in [0.3, 0.4) is 0 Å². The molecule has 4 heteroatoms. The smallest absolute Gasteiger partial charge is 0.164 e. The van der Waals surface area contributed by atoms with Crippen molar-refractivity contribution in [3.05, 3.63) is 198 Å². The summed E-state index contributed by atoms with van der Waals surface area (Å²) >= 11 is 1.92. The Morgan fingerprint density at radius 1 is 0.346 bits per heavy atom. The van der Waals surface area contributed by atoms with Crippen molar-refractivity contribution in [3.63, 3.8) is 0 Å². The van der Waals surface area contributed by atoms with E-state index in [2.05, 4.69) is 140 Å². The van der Waals surface area contributed by atoms with E-state index in [9.17, 15) is 0 Å². The Hall–Kier alpha value is -6.36. The molecule has 0 amide bonds. The van der Waals surface area contributed by atoms with E-state index in [1.54, 1.807) is 0 Å². The van der Waals surface area contributed by atoms with Crippen LogP contribution in [0.2, 0.25) is 0 Å². The topological polar surface area (TPSA) is 38.7 Å². The molecule has 0 saturated heterocycles. The van der Waals surface area contributed by atoms with Gasteiger partial charge in [-0.1, -0.05) is 188 Å². The molecular weight excluding hydrogens is 651 g/mol. The molecule has 11 rings (SSSR count). The van der Waals surface area contributed by atoms with E-state index in [1.807, 2.05) is 48.2 Å². The Balaban J connectivity index is 1.26. The normalized spacial score (nSPS) is 13.5. The van der Waals surface area contributed by atoms with E-state index in [-0.39, 0.29) is 0 Å². The minimum absolute atomic E-state index is 0.552. The number of rotatable bonds is 3. The average molecular weight is 680 g/mol. The van der Waals surface area contributed by atoms with E-state index in [0.29, 0.717) is 17.5 Å². The van der Waals surface area contributed by atoms with Crippen LogP contribution in [0.4, 0.5) is 0 Å². The lowest BCUT2D eigenvalue weighted by atomic mass is 9.66. The molecule has 3 nitrogen and oxygen atoms in total. The van der Waals surface area contributed by atoms with Crippen molar-refractivity contribution in [2.75, 3.05) is 0 Å². The fourth-order valence-corrected chi connectivity index (χ4v) is 10.0. The van der Waals surface area contributed by atoms with Crippen molar-refractivity contribution in [1.82, 2.24) is 15.0 Å². The van der Waals surface area contributed by atoms with Crippen LogP contribution in [0.5, 0.6) is 0 Å². The highest BCUT2D eigenvalue weighted by molar-refractivity contribution is 8.00. The third kappa shape index (κ3) is 4.13. The van der Waals surface area contributed by atoms with Gasteiger partial charge >= 0.3 is 0 Å². The molecule has 9 aromatic rings. The molecule has 0 unspecified atom stereocenters. The first-order valence-electron chi connectivity index (χ1n) is 17.6. The molecule has 1 spiro atoms. The number of benzene rings is 8. The van der Waals surface area contributed by atoms with Crippen LogP contribution in [0.15, 0.2) is 186 Å². The number of hydrogen-bond donors (Lipinski definition) is 0. The van der Waals surface area contributed by atoms with Crippen LogP contribution in [-0.2, 0) is 5.41 Å². The maximum absolute atomic E-state index is 5.23. The number of fused-ring (bicyclic) bond motifs is 13. The van der Waals surface area contributed by atoms with Crippen molar-refractivity contribution in [2.45, 2.75) is 15.2 Å². The Labute approximate surface area is 305 Å². The lowest BCUT2D eigenvalue weighted by molar-refractivity contribution is 0.729. The first-order valence-corrected chi connectivity index (χ1v) is 18.4. The number of aromatic nitrogens is 3. The standard InChI is InChI=1S/C48H29N3S/c1-3-16-32(17-4-1)45-49-46(33-18-5-2-6-19-33)51-47(50-45)37-23-13-25-39-42(37)36-22-11-12-24-38(36)48(39)40-28-26-30-14-7-9-20-34(30)43(40)52-44-35-21-10-8-15-31(35)27-29-41(44)48/h1-29H. The van der Waals surface area contributed by atoms with Crippen molar-refractivity contribution in [1.29, 1.82) is 0 Å². The van der Waals surface area contributed by atoms with Crippen LogP contribution < -0.4 is 0 Å². The predicted molar refractivity (Wildman–Crippen MR) is 213 cm³/mol. The molecule has 1 aliphatic heterocycles. The zero-order valence-electron chi connectivity index (χ0n) is 28.0. The third-order valence-corrected chi connectivity index (χ3v) is 12.1. The van der Waals surface area contributed by atoms with Crippen LogP contribution in [0.1, 0.15) is 22.3 Å². The summed E-state index contributed by atoms with van der Waals surface area (Å²) in [4.78, 5) is 18.1. The van der Waals surface area contributed by atoms with E-state index in [4.69, 9.17) is 15.0 Å². The molecule has 0 atom stereocenters. The summed E-state index contributed by atoms with van der Waals surface area (Å²) in [5, 5.41) is 5.06. The summed E-state index contributed by atoms with van der Waals surface area (Å²) in [5.74, 6) is 1.98. The number of nitrogens with zero attached hydrogens (tertiary/aromatic N) is 3. The highest BCUT2D eigenvalue weighted by atomic mass is 32.2. The second kappa shape index (κ2) is 11.3. The Kier molecular flexibility index (Phi) is 6.40. The van der Waals surface area contributed by atoms with Gasteiger partial charge in [-0.05, 0) is 54.9 Å². The molecule has 8 aromatic carbocycles. The minimum Gasteiger partial charge on any atom is -0.208 e. The molecule has 52 heavy (non-hydrogen) atoms. The van der Waals surface area contributed by atoms with Crippen LogP contribution in [-0.4, -0.2) is 15.0 Å². The molecule has 2 heterocycles. The van der Waals surface area contributed by atoms with Crippen LogP contribution >= 0.6 is 11.8 Å². The third-order valence-electron chi connectivity index (χ3n) is 10.8. The van der Waals surface area contributed by atoms with Gasteiger partial charge < -0.3 is 0 Å². The molecule has 0 N–H and O–H groups in total. The molecule has 242 valence electrons. The molecule has 0 saturated carbocycles. The van der Waals surface area contributed by atoms with Gasteiger partial charge in [0, 0.05) is 26.5 Å². The van der Waals surface area contributed by atoms with Crippen molar-refractivity contribution < 1.29 is 0 Å².